The predicted octanol–water partition coefficient (Wildman–Crippen LogP) is 1.72. The summed E-state index contributed by atoms with van der Waals surface area (Å²) in [6, 6.07) is 2.27. The van der Waals surface area contributed by atoms with Crippen LogP contribution in [-0.2, 0) is 4.79 Å². The first-order valence-electron chi connectivity index (χ1n) is 5.66. The van der Waals surface area contributed by atoms with Gasteiger partial charge >= 0.3 is 5.97 Å². The number of aliphatic carboxylic acids is 1. The molecule has 90 valence electrons. The highest BCUT2D eigenvalue weighted by Gasteiger charge is 2.40. The maximum absolute atomic E-state index is 11.0. The molecule has 0 amide bonds. The molecule has 0 radical (unpaired) electrons. The average molecular weight is 224 g/mol. The Morgan fingerprint density at radius 1 is 1.62 bits per heavy atom. The molecule has 4 heteroatoms. The van der Waals surface area contributed by atoms with Crippen LogP contribution in [0.2, 0.25) is 0 Å². The summed E-state index contributed by atoms with van der Waals surface area (Å²) in [7, 11) is 0. The first kappa shape index (κ1) is 13.0. The number of likely N-dealkylation sites (tertiary alicyclic amines) is 1. The third kappa shape index (κ3) is 2.96. The molecule has 1 saturated heterocycles. The minimum absolute atomic E-state index is 0.317. The van der Waals surface area contributed by atoms with Gasteiger partial charge in [-0.05, 0) is 46.7 Å². The second kappa shape index (κ2) is 4.42. The Balaban J connectivity index is 2.44. The zero-order valence-corrected chi connectivity index (χ0v) is 10.3. The predicted molar refractivity (Wildman–Crippen MR) is 60.8 cm³/mol. The molecule has 1 fully saturated rings. The molecular weight excluding hydrogens is 204 g/mol. The molecule has 1 aliphatic rings. The van der Waals surface area contributed by atoms with E-state index in [9.17, 15) is 4.79 Å². The summed E-state index contributed by atoms with van der Waals surface area (Å²) in [4.78, 5) is 13.2. The van der Waals surface area contributed by atoms with Gasteiger partial charge in [0.1, 0.15) is 0 Å². The first-order valence-corrected chi connectivity index (χ1v) is 5.66. The summed E-state index contributed by atoms with van der Waals surface area (Å²) in [5.41, 5.74) is -0.918. The van der Waals surface area contributed by atoms with Crippen LogP contribution in [0.4, 0.5) is 0 Å². The monoisotopic (exact) mass is 224 g/mol. The van der Waals surface area contributed by atoms with E-state index < -0.39 is 11.4 Å². The zero-order valence-electron chi connectivity index (χ0n) is 10.3. The van der Waals surface area contributed by atoms with E-state index >= 15 is 0 Å². The summed E-state index contributed by atoms with van der Waals surface area (Å²) in [5, 5.41) is 18.0. The minimum Gasteiger partial charge on any atom is -0.481 e. The van der Waals surface area contributed by atoms with Gasteiger partial charge in [0.2, 0.25) is 0 Å². The molecule has 1 unspecified atom stereocenters. The van der Waals surface area contributed by atoms with E-state index in [0.717, 1.165) is 19.5 Å². The average Bonchev–Trinajstić information content (AvgIpc) is 2.59. The molecule has 1 aliphatic heterocycles. The van der Waals surface area contributed by atoms with E-state index in [1.165, 1.54) is 0 Å². The van der Waals surface area contributed by atoms with E-state index in [1.807, 2.05) is 13.8 Å². The maximum atomic E-state index is 11.0. The molecule has 0 saturated carbocycles. The Hall–Kier alpha value is -1.08. The quantitative estimate of drug-likeness (QED) is 0.789. The molecule has 0 aromatic rings. The fourth-order valence-corrected chi connectivity index (χ4v) is 1.92. The summed E-state index contributed by atoms with van der Waals surface area (Å²) in [5.74, 6) is -0.713. The van der Waals surface area contributed by atoms with Gasteiger partial charge in [0.05, 0.1) is 16.9 Å². The van der Waals surface area contributed by atoms with Crippen molar-refractivity contribution in [2.45, 2.75) is 33.6 Å². The van der Waals surface area contributed by atoms with Crippen LogP contribution in [0.15, 0.2) is 0 Å². The molecule has 16 heavy (non-hydrogen) atoms. The standard InChI is InChI=1S/C12H20N2O2/c1-11(2,8-13)4-6-14-7-5-12(3,9-14)10(15)16/h4-7,9H2,1-3H3,(H,15,16). The number of nitrogens with zero attached hydrogens (tertiary/aromatic N) is 2. The smallest absolute Gasteiger partial charge is 0.310 e. The van der Waals surface area contributed by atoms with Crippen LogP contribution in [0, 0.1) is 22.2 Å². The molecule has 1 heterocycles. The van der Waals surface area contributed by atoms with Crippen LogP contribution >= 0.6 is 0 Å². The van der Waals surface area contributed by atoms with Crippen molar-refractivity contribution in [3.63, 3.8) is 0 Å². The van der Waals surface area contributed by atoms with Crippen molar-refractivity contribution >= 4 is 5.97 Å². The fraction of sp³-hybridized carbons (Fsp3) is 0.833. The fourth-order valence-electron chi connectivity index (χ4n) is 1.92. The van der Waals surface area contributed by atoms with Gasteiger partial charge in [-0.25, -0.2) is 0 Å². The normalized spacial score (nSPS) is 26.6. The van der Waals surface area contributed by atoms with Crippen LogP contribution in [-0.4, -0.2) is 35.6 Å². The van der Waals surface area contributed by atoms with Crippen molar-refractivity contribution < 1.29 is 9.90 Å². The third-order valence-electron chi connectivity index (χ3n) is 3.42. The van der Waals surface area contributed by atoms with Gasteiger partial charge < -0.3 is 10.0 Å². The molecule has 4 nitrogen and oxygen atoms in total. The van der Waals surface area contributed by atoms with E-state index in [1.54, 1.807) is 6.92 Å². The number of hydrogen-bond donors (Lipinski definition) is 1. The van der Waals surface area contributed by atoms with Crippen molar-refractivity contribution in [3.8, 4) is 6.07 Å². The molecule has 0 bridgehead atoms. The largest absolute Gasteiger partial charge is 0.481 e. The molecule has 0 aromatic carbocycles. The van der Waals surface area contributed by atoms with E-state index in [2.05, 4.69) is 11.0 Å². The number of nitriles is 1. The topological polar surface area (TPSA) is 64.3 Å². The Morgan fingerprint density at radius 2 is 2.25 bits per heavy atom. The molecule has 0 aliphatic carbocycles. The molecular formula is C12H20N2O2. The second-order valence-electron chi connectivity index (χ2n) is 5.64. The van der Waals surface area contributed by atoms with E-state index in [4.69, 9.17) is 10.4 Å². The Morgan fingerprint density at radius 3 is 2.69 bits per heavy atom. The summed E-state index contributed by atoms with van der Waals surface area (Å²) in [6.07, 6.45) is 1.49. The van der Waals surface area contributed by atoms with Crippen molar-refractivity contribution in [2.24, 2.45) is 10.8 Å². The van der Waals surface area contributed by atoms with Gasteiger partial charge in [-0.15, -0.1) is 0 Å². The summed E-state index contributed by atoms with van der Waals surface area (Å²) in [6.45, 7) is 7.86. The van der Waals surface area contributed by atoms with Gasteiger partial charge in [-0.3, -0.25) is 4.79 Å². The van der Waals surface area contributed by atoms with Gasteiger partial charge in [-0.1, -0.05) is 0 Å². The number of rotatable bonds is 4. The van der Waals surface area contributed by atoms with Crippen molar-refractivity contribution in [2.75, 3.05) is 19.6 Å². The van der Waals surface area contributed by atoms with E-state index in [0.29, 0.717) is 13.0 Å². The van der Waals surface area contributed by atoms with Crippen LogP contribution in [0.1, 0.15) is 33.6 Å². The van der Waals surface area contributed by atoms with Crippen molar-refractivity contribution in [1.29, 1.82) is 5.26 Å². The summed E-state index contributed by atoms with van der Waals surface area (Å²) < 4.78 is 0. The van der Waals surface area contributed by atoms with Gasteiger partial charge in [0, 0.05) is 6.54 Å². The Bertz CT molecular complexity index is 319. The van der Waals surface area contributed by atoms with Crippen LogP contribution in [0.3, 0.4) is 0 Å². The molecule has 1 rings (SSSR count). The SMILES string of the molecule is CC(C)(C#N)CCN1CCC(C)(C(=O)O)C1. The van der Waals surface area contributed by atoms with Gasteiger partial charge in [0.25, 0.3) is 0 Å². The number of carboxylic acid groups (broad SMARTS) is 1. The Labute approximate surface area is 96.9 Å². The zero-order chi connectivity index (χ0) is 12.4. The lowest BCUT2D eigenvalue weighted by Gasteiger charge is -2.23. The van der Waals surface area contributed by atoms with Gasteiger partial charge in [-0.2, -0.15) is 5.26 Å². The van der Waals surface area contributed by atoms with Crippen LogP contribution < -0.4 is 0 Å². The number of hydrogen-bond acceptors (Lipinski definition) is 3. The lowest BCUT2D eigenvalue weighted by atomic mass is 9.90. The van der Waals surface area contributed by atoms with Gasteiger partial charge in [0.15, 0.2) is 0 Å². The van der Waals surface area contributed by atoms with Crippen molar-refractivity contribution in [3.05, 3.63) is 0 Å². The lowest BCUT2D eigenvalue weighted by molar-refractivity contribution is -0.147. The number of carbonyl (C=O) groups is 1. The van der Waals surface area contributed by atoms with Crippen LogP contribution in [0.5, 0.6) is 0 Å². The maximum Gasteiger partial charge on any atom is 0.310 e. The van der Waals surface area contributed by atoms with Crippen molar-refractivity contribution in [1.82, 2.24) is 4.90 Å². The summed E-state index contributed by atoms with van der Waals surface area (Å²) >= 11 is 0. The highest BCUT2D eigenvalue weighted by Crippen LogP contribution is 2.31. The highest BCUT2D eigenvalue weighted by atomic mass is 16.4. The minimum atomic E-state index is -0.713. The van der Waals surface area contributed by atoms with E-state index in [-0.39, 0.29) is 5.41 Å². The molecule has 1 N–H and O–H groups in total. The molecule has 1 atom stereocenters. The second-order valence-corrected chi connectivity index (χ2v) is 5.64. The first-order chi connectivity index (χ1) is 7.29. The number of carboxylic acids is 1. The Kier molecular flexibility index (Phi) is 3.59. The lowest BCUT2D eigenvalue weighted by Crippen LogP contribution is -2.33. The highest BCUT2D eigenvalue weighted by molar-refractivity contribution is 5.74. The molecule has 0 aromatic heterocycles. The third-order valence-corrected chi connectivity index (χ3v) is 3.42. The molecule has 0 spiro atoms. The van der Waals surface area contributed by atoms with Crippen LogP contribution in [0.25, 0.3) is 0 Å².